The summed E-state index contributed by atoms with van der Waals surface area (Å²) in [5, 5.41) is 3.91. The molecule has 1 amide bonds. The Morgan fingerprint density at radius 3 is 2.57 bits per heavy atom. The van der Waals surface area contributed by atoms with Gasteiger partial charge in [-0.1, -0.05) is 35.9 Å². The minimum absolute atomic E-state index is 0.134. The van der Waals surface area contributed by atoms with Gasteiger partial charge in [0.05, 0.1) is 6.10 Å². The molecule has 5 heteroatoms. The van der Waals surface area contributed by atoms with Crippen LogP contribution in [0.5, 0.6) is 5.75 Å². The van der Waals surface area contributed by atoms with Crippen LogP contribution in [-0.2, 0) is 17.8 Å². The quantitative estimate of drug-likeness (QED) is 0.565. The maximum atomic E-state index is 12.5. The maximum absolute atomic E-state index is 12.5. The number of rotatable bonds is 9. The van der Waals surface area contributed by atoms with Gasteiger partial charge in [-0.05, 0) is 88.0 Å². The second-order valence-corrected chi connectivity index (χ2v) is 8.82. The van der Waals surface area contributed by atoms with Gasteiger partial charge in [-0.25, -0.2) is 0 Å². The number of ether oxygens (including phenoxy) is 1. The van der Waals surface area contributed by atoms with Crippen LogP contribution in [0.25, 0.3) is 0 Å². The van der Waals surface area contributed by atoms with Gasteiger partial charge in [0.2, 0.25) is 5.91 Å². The molecule has 1 aliphatic heterocycles. The summed E-state index contributed by atoms with van der Waals surface area (Å²) in [7, 11) is 0. The highest BCUT2D eigenvalue weighted by Crippen LogP contribution is 2.20. The van der Waals surface area contributed by atoms with Crippen molar-refractivity contribution in [2.24, 2.45) is 5.92 Å². The first-order chi connectivity index (χ1) is 14.5. The van der Waals surface area contributed by atoms with Crippen LogP contribution in [0.3, 0.4) is 0 Å². The molecule has 0 unspecified atom stereocenters. The highest BCUT2D eigenvalue weighted by atomic mass is 35.5. The molecular formula is C25H33ClN2O2. The number of piperidine rings is 1. The average molecular weight is 429 g/mol. The van der Waals surface area contributed by atoms with Crippen LogP contribution in [0.1, 0.15) is 44.2 Å². The predicted octanol–water partition coefficient (Wildman–Crippen LogP) is 5.09. The van der Waals surface area contributed by atoms with Gasteiger partial charge < -0.3 is 10.1 Å². The topological polar surface area (TPSA) is 41.6 Å². The van der Waals surface area contributed by atoms with Gasteiger partial charge in [0.25, 0.3) is 0 Å². The molecule has 0 bridgehead atoms. The molecule has 162 valence electrons. The Labute approximate surface area is 185 Å². The molecule has 1 saturated heterocycles. The number of nitrogens with one attached hydrogen (secondary N) is 1. The Morgan fingerprint density at radius 2 is 1.87 bits per heavy atom. The summed E-state index contributed by atoms with van der Waals surface area (Å²) in [5.41, 5.74) is 2.52. The third-order valence-electron chi connectivity index (χ3n) is 5.49. The van der Waals surface area contributed by atoms with Gasteiger partial charge in [0.15, 0.2) is 0 Å². The summed E-state index contributed by atoms with van der Waals surface area (Å²) in [6, 6.07) is 16.3. The zero-order valence-corrected chi connectivity index (χ0v) is 18.8. The first kappa shape index (κ1) is 22.6. The lowest BCUT2D eigenvalue weighted by Crippen LogP contribution is -2.40. The smallest absolute Gasteiger partial charge is 0.223 e. The van der Waals surface area contributed by atoms with E-state index >= 15 is 0 Å². The highest BCUT2D eigenvalue weighted by molar-refractivity contribution is 6.30. The van der Waals surface area contributed by atoms with Gasteiger partial charge >= 0.3 is 0 Å². The van der Waals surface area contributed by atoms with Crippen molar-refractivity contribution in [2.75, 3.05) is 19.6 Å². The van der Waals surface area contributed by atoms with Crippen molar-refractivity contribution in [3.05, 3.63) is 64.7 Å². The predicted molar refractivity (Wildman–Crippen MR) is 123 cm³/mol. The fourth-order valence-electron chi connectivity index (χ4n) is 3.90. The molecule has 0 spiro atoms. The normalized spacial score (nSPS) is 15.3. The monoisotopic (exact) mass is 428 g/mol. The van der Waals surface area contributed by atoms with E-state index in [1.807, 2.05) is 38.1 Å². The van der Waals surface area contributed by atoms with Crippen LogP contribution in [-0.4, -0.2) is 36.5 Å². The van der Waals surface area contributed by atoms with E-state index in [9.17, 15) is 4.79 Å². The number of carbonyl (C=O) groups excluding carboxylic acids is 1. The minimum Gasteiger partial charge on any atom is -0.491 e. The zero-order chi connectivity index (χ0) is 21.3. The molecule has 1 fully saturated rings. The fourth-order valence-corrected chi connectivity index (χ4v) is 4.02. The number of carbonyl (C=O) groups is 1. The van der Waals surface area contributed by atoms with Crippen molar-refractivity contribution in [3.8, 4) is 5.75 Å². The number of hydrogen-bond acceptors (Lipinski definition) is 3. The number of benzene rings is 2. The molecule has 0 aromatic heterocycles. The van der Waals surface area contributed by atoms with Crippen LogP contribution >= 0.6 is 11.6 Å². The van der Waals surface area contributed by atoms with Gasteiger partial charge in [-0.15, -0.1) is 0 Å². The van der Waals surface area contributed by atoms with Crippen LogP contribution in [0.15, 0.2) is 48.5 Å². The first-order valence-electron chi connectivity index (χ1n) is 11.0. The lowest BCUT2D eigenvalue weighted by Gasteiger charge is -2.31. The summed E-state index contributed by atoms with van der Waals surface area (Å²) in [6.07, 6.45) is 3.90. The van der Waals surface area contributed by atoms with E-state index in [2.05, 4.69) is 34.5 Å². The number of halogens is 1. The average Bonchev–Trinajstić information content (AvgIpc) is 2.73. The molecule has 3 rings (SSSR count). The SMILES string of the molecule is CC(C)Oc1cccc(CCCNC(=O)C2CCN(Cc3ccc(Cl)cc3)CC2)c1. The second kappa shape index (κ2) is 11.4. The van der Waals surface area contributed by atoms with Crippen molar-refractivity contribution in [1.29, 1.82) is 0 Å². The Bertz CT molecular complexity index is 799. The number of aryl methyl sites for hydroxylation is 1. The zero-order valence-electron chi connectivity index (χ0n) is 18.1. The molecule has 0 atom stereocenters. The molecule has 2 aromatic carbocycles. The van der Waals surface area contributed by atoms with Crippen LogP contribution in [0.2, 0.25) is 5.02 Å². The first-order valence-corrected chi connectivity index (χ1v) is 11.4. The van der Waals surface area contributed by atoms with E-state index in [-0.39, 0.29) is 17.9 Å². The van der Waals surface area contributed by atoms with Gasteiger partial charge in [-0.2, -0.15) is 0 Å². The molecule has 0 aliphatic carbocycles. The molecule has 0 radical (unpaired) electrons. The van der Waals surface area contributed by atoms with Crippen molar-refractivity contribution >= 4 is 17.5 Å². The molecule has 30 heavy (non-hydrogen) atoms. The van der Waals surface area contributed by atoms with Crippen molar-refractivity contribution in [3.63, 3.8) is 0 Å². The van der Waals surface area contributed by atoms with Gasteiger partial charge in [-0.3, -0.25) is 9.69 Å². The van der Waals surface area contributed by atoms with E-state index < -0.39 is 0 Å². The van der Waals surface area contributed by atoms with Crippen LogP contribution in [0, 0.1) is 5.92 Å². The van der Waals surface area contributed by atoms with Crippen LogP contribution in [0.4, 0.5) is 0 Å². The van der Waals surface area contributed by atoms with Crippen LogP contribution < -0.4 is 10.1 Å². The summed E-state index contributed by atoms with van der Waals surface area (Å²) in [5.74, 6) is 1.25. The van der Waals surface area contributed by atoms with Crippen molar-refractivity contribution in [2.45, 2.75) is 52.2 Å². The summed E-state index contributed by atoms with van der Waals surface area (Å²) in [6.45, 7) is 7.63. The lowest BCUT2D eigenvalue weighted by atomic mass is 9.95. The van der Waals surface area contributed by atoms with Crippen molar-refractivity contribution in [1.82, 2.24) is 10.2 Å². The molecule has 1 N–H and O–H groups in total. The van der Waals surface area contributed by atoms with E-state index in [1.54, 1.807) is 0 Å². The van der Waals surface area contributed by atoms with Gasteiger partial charge in [0.1, 0.15) is 5.75 Å². The molecule has 4 nitrogen and oxygen atoms in total. The Morgan fingerprint density at radius 1 is 1.13 bits per heavy atom. The Balaban J connectivity index is 1.33. The fraction of sp³-hybridized carbons (Fsp3) is 0.480. The summed E-state index contributed by atoms with van der Waals surface area (Å²) >= 11 is 5.96. The van der Waals surface area contributed by atoms with Crippen molar-refractivity contribution < 1.29 is 9.53 Å². The summed E-state index contributed by atoms with van der Waals surface area (Å²) in [4.78, 5) is 14.9. The van der Waals surface area contributed by atoms with E-state index in [1.165, 1.54) is 11.1 Å². The lowest BCUT2D eigenvalue weighted by molar-refractivity contribution is -0.126. The standard InChI is InChI=1S/C25H33ClN2O2/c1-19(2)30-24-7-3-5-20(17-24)6-4-14-27-25(29)22-12-15-28(16-13-22)18-21-8-10-23(26)11-9-21/h3,5,7-11,17,19,22H,4,6,12-16,18H2,1-2H3,(H,27,29). The Hall–Kier alpha value is -2.04. The molecular weight excluding hydrogens is 396 g/mol. The molecule has 1 aliphatic rings. The molecule has 1 heterocycles. The Kier molecular flexibility index (Phi) is 8.59. The maximum Gasteiger partial charge on any atom is 0.223 e. The van der Waals surface area contributed by atoms with Gasteiger partial charge in [0, 0.05) is 24.0 Å². The number of amides is 1. The number of nitrogens with zero attached hydrogens (tertiary/aromatic N) is 1. The van der Waals surface area contributed by atoms with E-state index in [0.717, 1.165) is 62.6 Å². The summed E-state index contributed by atoms with van der Waals surface area (Å²) < 4.78 is 5.75. The van der Waals surface area contributed by atoms with E-state index in [4.69, 9.17) is 16.3 Å². The molecule has 2 aromatic rings. The minimum atomic E-state index is 0.134. The third kappa shape index (κ3) is 7.33. The molecule has 0 saturated carbocycles. The number of likely N-dealkylation sites (tertiary alicyclic amines) is 1. The largest absolute Gasteiger partial charge is 0.491 e. The second-order valence-electron chi connectivity index (χ2n) is 8.39. The highest BCUT2D eigenvalue weighted by Gasteiger charge is 2.24. The van der Waals surface area contributed by atoms with E-state index in [0.29, 0.717) is 0 Å². The number of hydrogen-bond donors (Lipinski definition) is 1. The third-order valence-corrected chi connectivity index (χ3v) is 5.74.